The SMILES string of the molecule is O=C(O)C#CCOc1cccc(Br)c1. The van der Waals surface area contributed by atoms with Gasteiger partial charge < -0.3 is 9.84 Å². The molecule has 14 heavy (non-hydrogen) atoms. The Kier molecular flexibility index (Phi) is 4.02. The minimum atomic E-state index is -1.15. The van der Waals surface area contributed by atoms with Crippen LogP contribution in [0.15, 0.2) is 28.7 Å². The Morgan fingerprint density at radius 2 is 2.36 bits per heavy atom. The first-order valence-corrected chi connectivity index (χ1v) is 4.58. The van der Waals surface area contributed by atoms with Crippen LogP contribution in [0.2, 0.25) is 0 Å². The third-order valence-corrected chi connectivity index (χ3v) is 1.80. The highest BCUT2D eigenvalue weighted by atomic mass is 79.9. The Morgan fingerprint density at radius 3 is 3.00 bits per heavy atom. The second-order valence-electron chi connectivity index (χ2n) is 2.35. The fourth-order valence-electron chi connectivity index (χ4n) is 0.788. The predicted molar refractivity (Wildman–Crippen MR) is 55.0 cm³/mol. The minimum absolute atomic E-state index is 0.0722. The maximum absolute atomic E-state index is 10.0. The van der Waals surface area contributed by atoms with Crippen LogP contribution in [-0.2, 0) is 4.79 Å². The van der Waals surface area contributed by atoms with Crippen LogP contribution in [0.5, 0.6) is 5.75 Å². The van der Waals surface area contributed by atoms with Crippen LogP contribution in [0.4, 0.5) is 0 Å². The fourth-order valence-corrected chi connectivity index (χ4v) is 1.17. The number of carbonyl (C=O) groups is 1. The summed E-state index contributed by atoms with van der Waals surface area (Å²) in [6.07, 6.45) is 0. The molecule has 0 fully saturated rings. The third-order valence-electron chi connectivity index (χ3n) is 1.30. The maximum atomic E-state index is 10.0. The molecular formula is C10H7BrO3. The number of carboxylic acids is 1. The third kappa shape index (κ3) is 3.97. The molecule has 0 bridgehead atoms. The normalized spacial score (nSPS) is 8.64. The first kappa shape index (κ1) is 10.6. The van der Waals surface area contributed by atoms with Crippen LogP contribution < -0.4 is 4.74 Å². The van der Waals surface area contributed by atoms with E-state index in [2.05, 4.69) is 21.9 Å². The Labute approximate surface area is 89.8 Å². The molecule has 0 unspecified atom stereocenters. The van der Waals surface area contributed by atoms with Crippen LogP contribution in [0.3, 0.4) is 0 Å². The van der Waals surface area contributed by atoms with Crippen molar-refractivity contribution >= 4 is 21.9 Å². The summed E-state index contributed by atoms with van der Waals surface area (Å²) >= 11 is 3.28. The van der Waals surface area contributed by atoms with Gasteiger partial charge in [0.05, 0.1) is 0 Å². The molecule has 0 aromatic heterocycles. The van der Waals surface area contributed by atoms with Gasteiger partial charge in [-0.3, -0.25) is 0 Å². The molecule has 0 saturated heterocycles. The zero-order valence-electron chi connectivity index (χ0n) is 7.16. The molecular weight excluding hydrogens is 248 g/mol. The number of rotatable bonds is 2. The molecule has 0 atom stereocenters. The molecule has 1 N–H and O–H groups in total. The summed E-state index contributed by atoms with van der Waals surface area (Å²) in [5.74, 6) is 3.83. The fraction of sp³-hybridized carbons (Fsp3) is 0.100. The number of carboxylic acid groups (broad SMARTS) is 1. The van der Waals surface area contributed by atoms with E-state index in [-0.39, 0.29) is 6.61 Å². The smallest absolute Gasteiger partial charge is 0.382 e. The maximum Gasteiger partial charge on any atom is 0.382 e. The Balaban J connectivity index is 2.47. The first-order chi connectivity index (χ1) is 6.68. The van der Waals surface area contributed by atoms with E-state index in [4.69, 9.17) is 9.84 Å². The highest BCUT2D eigenvalue weighted by molar-refractivity contribution is 9.10. The second-order valence-corrected chi connectivity index (χ2v) is 3.27. The Hall–Kier alpha value is -1.47. The molecule has 1 aromatic rings. The van der Waals surface area contributed by atoms with E-state index in [1.807, 2.05) is 18.1 Å². The highest BCUT2D eigenvalue weighted by Crippen LogP contribution is 2.17. The lowest BCUT2D eigenvalue weighted by atomic mass is 10.3. The van der Waals surface area contributed by atoms with Crippen molar-refractivity contribution in [2.24, 2.45) is 0 Å². The van der Waals surface area contributed by atoms with Gasteiger partial charge >= 0.3 is 5.97 Å². The van der Waals surface area contributed by atoms with Gasteiger partial charge in [0.1, 0.15) is 12.4 Å². The van der Waals surface area contributed by atoms with Crippen LogP contribution in [0.1, 0.15) is 0 Å². The standard InChI is InChI=1S/C10H7BrO3/c11-8-3-1-4-9(7-8)14-6-2-5-10(12)13/h1,3-4,7H,6H2,(H,12,13). The van der Waals surface area contributed by atoms with E-state index in [9.17, 15) is 4.79 Å². The van der Waals surface area contributed by atoms with Gasteiger partial charge in [-0.1, -0.05) is 22.0 Å². The van der Waals surface area contributed by atoms with E-state index in [0.29, 0.717) is 5.75 Å². The molecule has 0 heterocycles. The molecule has 1 aromatic carbocycles. The van der Waals surface area contributed by atoms with Crippen LogP contribution >= 0.6 is 15.9 Å². The summed E-state index contributed by atoms with van der Waals surface area (Å²) in [4.78, 5) is 10.0. The van der Waals surface area contributed by atoms with Crippen molar-refractivity contribution in [3.63, 3.8) is 0 Å². The zero-order chi connectivity index (χ0) is 10.4. The topological polar surface area (TPSA) is 46.5 Å². The van der Waals surface area contributed by atoms with Crippen LogP contribution in [0, 0.1) is 11.8 Å². The van der Waals surface area contributed by atoms with Gasteiger partial charge in [0, 0.05) is 10.4 Å². The average molecular weight is 255 g/mol. The van der Waals surface area contributed by atoms with Gasteiger partial charge in [0.25, 0.3) is 0 Å². The van der Waals surface area contributed by atoms with E-state index in [0.717, 1.165) is 4.47 Å². The van der Waals surface area contributed by atoms with Gasteiger partial charge in [-0.05, 0) is 24.1 Å². The van der Waals surface area contributed by atoms with Crippen molar-refractivity contribution in [3.8, 4) is 17.6 Å². The zero-order valence-corrected chi connectivity index (χ0v) is 8.74. The van der Waals surface area contributed by atoms with Crippen molar-refractivity contribution in [2.45, 2.75) is 0 Å². The highest BCUT2D eigenvalue weighted by Gasteiger charge is 1.92. The minimum Gasteiger partial charge on any atom is -0.481 e. The summed E-state index contributed by atoms with van der Waals surface area (Å²) in [6.45, 7) is 0.0722. The van der Waals surface area contributed by atoms with Gasteiger partial charge in [-0.15, -0.1) is 0 Å². The van der Waals surface area contributed by atoms with E-state index >= 15 is 0 Å². The molecule has 0 radical (unpaired) electrons. The number of hydrogen-bond donors (Lipinski definition) is 1. The number of ether oxygens (including phenoxy) is 1. The molecule has 0 saturated carbocycles. The van der Waals surface area contributed by atoms with Crippen molar-refractivity contribution in [1.29, 1.82) is 0 Å². The summed E-state index contributed by atoms with van der Waals surface area (Å²) in [5, 5.41) is 8.22. The number of aliphatic carboxylic acids is 1. The van der Waals surface area contributed by atoms with Crippen LogP contribution in [-0.4, -0.2) is 17.7 Å². The van der Waals surface area contributed by atoms with Gasteiger partial charge in [-0.25, -0.2) is 4.79 Å². The summed E-state index contributed by atoms with van der Waals surface area (Å²) in [5.41, 5.74) is 0. The lowest BCUT2D eigenvalue weighted by Gasteiger charge is -2.00. The van der Waals surface area contributed by atoms with Crippen molar-refractivity contribution < 1.29 is 14.6 Å². The number of halogens is 1. The first-order valence-electron chi connectivity index (χ1n) is 3.78. The Bertz CT molecular complexity index is 390. The largest absolute Gasteiger partial charge is 0.481 e. The second kappa shape index (κ2) is 5.30. The van der Waals surface area contributed by atoms with E-state index in [1.165, 1.54) is 0 Å². The van der Waals surface area contributed by atoms with Gasteiger partial charge in [-0.2, -0.15) is 0 Å². The molecule has 0 aliphatic rings. The number of hydrogen-bond acceptors (Lipinski definition) is 2. The van der Waals surface area contributed by atoms with E-state index < -0.39 is 5.97 Å². The van der Waals surface area contributed by atoms with Crippen molar-refractivity contribution in [3.05, 3.63) is 28.7 Å². The molecule has 0 aliphatic heterocycles. The quantitative estimate of drug-likeness (QED) is 0.821. The molecule has 0 aliphatic carbocycles. The average Bonchev–Trinajstić information content (AvgIpc) is 2.12. The molecule has 0 spiro atoms. The molecule has 72 valence electrons. The molecule has 4 heteroatoms. The lowest BCUT2D eigenvalue weighted by molar-refractivity contribution is -0.130. The van der Waals surface area contributed by atoms with E-state index in [1.54, 1.807) is 12.1 Å². The lowest BCUT2D eigenvalue weighted by Crippen LogP contribution is -1.95. The summed E-state index contributed by atoms with van der Waals surface area (Å²) < 4.78 is 6.07. The molecule has 0 amide bonds. The summed E-state index contributed by atoms with van der Waals surface area (Å²) in [7, 11) is 0. The molecule has 1 rings (SSSR count). The molecule has 3 nitrogen and oxygen atoms in total. The number of benzene rings is 1. The van der Waals surface area contributed by atoms with Crippen molar-refractivity contribution in [1.82, 2.24) is 0 Å². The van der Waals surface area contributed by atoms with Gasteiger partial charge in [0.2, 0.25) is 0 Å². The monoisotopic (exact) mass is 254 g/mol. The Morgan fingerprint density at radius 1 is 1.57 bits per heavy atom. The summed E-state index contributed by atoms with van der Waals surface area (Å²) in [6, 6.07) is 7.25. The van der Waals surface area contributed by atoms with Gasteiger partial charge in [0.15, 0.2) is 0 Å². The van der Waals surface area contributed by atoms with Crippen molar-refractivity contribution in [2.75, 3.05) is 6.61 Å². The predicted octanol–water partition coefficient (Wildman–Crippen LogP) is 1.92. The van der Waals surface area contributed by atoms with Crippen LogP contribution in [0.25, 0.3) is 0 Å².